The van der Waals surface area contributed by atoms with Crippen LogP contribution in [0, 0.1) is 0 Å². The van der Waals surface area contributed by atoms with E-state index in [1.54, 1.807) is 48.6 Å². The average molecular weight is 568 g/mol. The predicted molar refractivity (Wildman–Crippen MR) is 169 cm³/mol. The molecule has 1 aliphatic heterocycles. The Labute approximate surface area is 249 Å². The third kappa shape index (κ3) is 10.1. The van der Waals surface area contributed by atoms with Crippen LogP contribution in [0.4, 0.5) is 4.79 Å². The summed E-state index contributed by atoms with van der Waals surface area (Å²) in [5, 5.41) is 15.5. The maximum Gasteiger partial charge on any atom is 0.411 e. The second-order valence-corrected chi connectivity index (χ2v) is 10.1. The largest absolute Gasteiger partial charge is 0.507 e. The highest BCUT2D eigenvalue weighted by atomic mass is 16.6. The van der Waals surface area contributed by atoms with Crippen molar-refractivity contribution in [1.29, 1.82) is 0 Å². The number of piperidine rings is 1. The van der Waals surface area contributed by atoms with E-state index in [0.717, 1.165) is 44.5 Å². The van der Waals surface area contributed by atoms with Gasteiger partial charge in [-0.2, -0.15) is 0 Å². The SMILES string of the molecule is C=C/C=C\C(=C)C(=C)/C(=C\C=C)NC(=O)OC1CCN(CCc2ccc(CCNC(=O)c3ccccc3O)cc2)CC1. The van der Waals surface area contributed by atoms with Gasteiger partial charge in [0, 0.05) is 26.2 Å². The summed E-state index contributed by atoms with van der Waals surface area (Å²) in [4.78, 5) is 27.2. The van der Waals surface area contributed by atoms with Gasteiger partial charge in [-0.05, 0) is 66.2 Å². The maximum atomic E-state index is 12.6. The van der Waals surface area contributed by atoms with Crippen LogP contribution in [0.3, 0.4) is 0 Å². The van der Waals surface area contributed by atoms with Crippen molar-refractivity contribution in [2.75, 3.05) is 26.2 Å². The molecule has 2 aromatic rings. The zero-order valence-electron chi connectivity index (χ0n) is 24.2. The second kappa shape index (κ2) is 16.6. The number of ether oxygens (including phenoxy) is 1. The van der Waals surface area contributed by atoms with Gasteiger partial charge in [0.1, 0.15) is 11.9 Å². The lowest BCUT2D eigenvalue weighted by atomic mass is 10.0. The number of para-hydroxylation sites is 1. The van der Waals surface area contributed by atoms with Crippen LogP contribution in [0.5, 0.6) is 5.75 Å². The van der Waals surface area contributed by atoms with Crippen LogP contribution in [0.2, 0.25) is 0 Å². The number of alkyl carbamates (subject to hydrolysis) is 1. The van der Waals surface area contributed by atoms with E-state index in [1.807, 2.05) is 0 Å². The number of rotatable bonds is 14. The second-order valence-electron chi connectivity index (χ2n) is 10.1. The van der Waals surface area contributed by atoms with Gasteiger partial charge in [0.15, 0.2) is 0 Å². The van der Waals surface area contributed by atoms with Crippen LogP contribution < -0.4 is 10.6 Å². The number of phenols is 1. The molecule has 2 amide bonds. The molecular weight excluding hydrogens is 526 g/mol. The molecule has 7 heteroatoms. The molecular formula is C35H41N3O4. The minimum absolute atomic E-state index is 0.0190. The zero-order valence-corrected chi connectivity index (χ0v) is 24.2. The molecule has 0 radical (unpaired) electrons. The number of hydrogen-bond acceptors (Lipinski definition) is 5. The van der Waals surface area contributed by atoms with Gasteiger partial charge >= 0.3 is 6.09 Å². The van der Waals surface area contributed by atoms with E-state index in [4.69, 9.17) is 4.74 Å². The lowest BCUT2D eigenvalue weighted by Crippen LogP contribution is -2.40. The molecule has 0 saturated carbocycles. The molecule has 42 heavy (non-hydrogen) atoms. The molecule has 3 rings (SSSR count). The fourth-order valence-electron chi connectivity index (χ4n) is 4.58. The summed E-state index contributed by atoms with van der Waals surface area (Å²) in [7, 11) is 0. The Morgan fingerprint density at radius 1 is 0.976 bits per heavy atom. The van der Waals surface area contributed by atoms with Gasteiger partial charge < -0.3 is 20.1 Å². The van der Waals surface area contributed by atoms with E-state index in [1.165, 1.54) is 11.6 Å². The van der Waals surface area contributed by atoms with Crippen LogP contribution in [0.15, 0.2) is 122 Å². The molecule has 1 heterocycles. The first-order chi connectivity index (χ1) is 20.3. The topological polar surface area (TPSA) is 90.9 Å². The number of phenolic OH excluding ortho intramolecular Hbond substituents is 1. The average Bonchev–Trinajstić information content (AvgIpc) is 2.99. The van der Waals surface area contributed by atoms with Crippen molar-refractivity contribution >= 4 is 12.0 Å². The third-order valence-electron chi connectivity index (χ3n) is 7.06. The first kappa shape index (κ1) is 31.9. The molecule has 7 nitrogen and oxygen atoms in total. The van der Waals surface area contributed by atoms with Crippen LogP contribution in [-0.4, -0.2) is 54.3 Å². The third-order valence-corrected chi connectivity index (χ3v) is 7.06. The molecule has 0 aliphatic carbocycles. The summed E-state index contributed by atoms with van der Waals surface area (Å²) in [6, 6.07) is 15.0. The van der Waals surface area contributed by atoms with E-state index in [-0.39, 0.29) is 23.3 Å². The fraction of sp³-hybridized carbons (Fsp3) is 0.257. The van der Waals surface area contributed by atoms with E-state index in [2.05, 4.69) is 66.1 Å². The van der Waals surface area contributed by atoms with Crippen molar-refractivity contribution in [2.24, 2.45) is 0 Å². The molecule has 1 aliphatic rings. The molecule has 0 unspecified atom stereocenters. The summed E-state index contributed by atoms with van der Waals surface area (Å²) in [5.74, 6) is -0.298. The molecule has 3 N–H and O–H groups in total. The van der Waals surface area contributed by atoms with Crippen molar-refractivity contribution < 1.29 is 19.4 Å². The highest BCUT2D eigenvalue weighted by Gasteiger charge is 2.23. The quantitative estimate of drug-likeness (QED) is 0.243. The maximum absolute atomic E-state index is 12.6. The first-order valence-electron chi connectivity index (χ1n) is 14.1. The van der Waals surface area contributed by atoms with Gasteiger partial charge in [0.25, 0.3) is 5.91 Å². The van der Waals surface area contributed by atoms with Crippen LogP contribution >= 0.6 is 0 Å². The van der Waals surface area contributed by atoms with E-state index in [9.17, 15) is 14.7 Å². The number of allylic oxidation sites excluding steroid dienone is 6. The number of nitrogens with one attached hydrogen (secondary N) is 2. The first-order valence-corrected chi connectivity index (χ1v) is 14.1. The number of likely N-dealkylation sites (tertiary alicyclic amines) is 1. The van der Waals surface area contributed by atoms with Gasteiger partial charge in [-0.1, -0.05) is 87.0 Å². The van der Waals surface area contributed by atoms with Gasteiger partial charge in [0.2, 0.25) is 0 Å². The Hall–Kier alpha value is -4.62. The van der Waals surface area contributed by atoms with E-state index in [0.29, 0.717) is 29.8 Å². The molecule has 0 spiro atoms. The highest BCUT2D eigenvalue weighted by molar-refractivity contribution is 5.96. The summed E-state index contributed by atoms with van der Waals surface area (Å²) in [6.45, 7) is 18.5. The smallest absolute Gasteiger partial charge is 0.411 e. The summed E-state index contributed by atoms with van der Waals surface area (Å²) in [6.07, 6.45) is 10.9. The molecule has 2 aromatic carbocycles. The minimum atomic E-state index is -0.513. The molecule has 0 bridgehead atoms. The molecule has 220 valence electrons. The molecule has 1 saturated heterocycles. The summed E-state index contributed by atoms with van der Waals surface area (Å²) < 4.78 is 5.69. The number of amides is 2. The Balaban J connectivity index is 1.36. The van der Waals surface area contributed by atoms with E-state index < -0.39 is 6.09 Å². The Morgan fingerprint density at radius 2 is 1.64 bits per heavy atom. The Bertz CT molecular complexity index is 1330. The standard InChI is InChI=1S/C35H41N3O4/c1-5-7-11-26(3)27(4)32(10-6-2)37-35(41)42-30-20-24-38(25-21-30)23-19-29-16-14-28(15-17-29)18-22-36-34(40)31-12-8-9-13-33(31)39/h5-17,30,39H,1-4,18-25H2,(H,36,40)(H,37,41)/b11-7-,32-10+. The Morgan fingerprint density at radius 3 is 2.29 bits per heavy atom. The lowest BCUT2D eigenvalue weighted by Gasteiger charge is -2.31. The normalized spacial score (nSPS) is 14.2. The monoisotopic (exact) mass is 567 g/mol. The number of nitrogens with zero attached hydrogens (tertiary/aromatic N) is 1. The van der Waals surface area contributed by atoms with Crippen LogP contribution in [0.25, 0.3) is 0 Å². The lowest BCUT2D eigenvalue weighted by molar-refractivity contribution is 0.0527. The number of benzene rings is 2. The zero-order chi connectivity index (χ0) is 30.3. The fourth-order valence-corrected chi connectivity index (χ4v) is 4.58. The van der Waals surface area contributed by atoms with Gasteiger partial charge in [0.05, 0.1) is 11.3 Å². The van der Waals surface area contributed by atoms with E-state index >= 15 is 0 Å². The Kier molecular flexibility index (Phi) is 12.6. The van der Waals surface area contributed by atoms with Crippen LogP contribution in [-0.2, 0) is 17.6 Å². The van der Waals surface area contributed by atoms with Crippen molar-refractivity contribution in [2.45, 2.75) is 31.8 Å². The minimum Gasteiger partial charge on any atom is -0.507 e. The van der Waals surface area contributed by atoms with Gasteiger partial charge in [-0.25, -0.2) is 4.79 Å². The van der Waals surface area contributed by atoms with Crippen molar-refractivity contribution in [3.8, 4) is 5.75 Å². The molecule has 0 atom stereocenters. The predicted octanol–water partition coefficient (Wildman–Crippen LogP) is 6.02. The number of hydrogen-bond donors (Lipinski definition) is 3. The van der Waals surface area contributed by atoms with Gasteiger partial charge in [-0.15, -0.1) is 0 Å². The number of carbonyl (C=O) groups excluding carboxylic acids is 2. The summed E-state index contributed by atoms with van der Waals surface area (Å²) >= 11 is 0. The van der Waals surface area contributed by atoms with Crippen molar-refractivity contribution in [3.63, 3.8) is 0 Å². The van der Waals surface area contributed by atoms with Crippen LogP contribution in [0.1, 0.15) is 34.3 Å². The number of aromatic hydroxyl groups is 1. The number of carbonyl (C=O) groups is 2. The highest BCUT2D eigenvalue weighted by Crippen LogP contribution is 2.19. The van der Waals surface area contributed by atoms with Crippen molar-refractivity contribution in [3.05, 3.63) is 139 Å². The van der Waals surface area contributed by atoms with Gasteiger partial charge in [-0.3, -0.25) is 10.1 Å². The summed E-state index contributed by atoms with van der Waals surface area (Å²) in [5.41, 5.74) is 4.39. The van der Waals surface area contributed by atoms with Crippen molar-refractivity contribution in [1.82, 2.24) is 15.5 Å². The molecule has 0 aromatic heterocycles. The molecule has 1 fully saturated rings.